The molecule has 7 heteroatoms. The predicted molar refractivity (Wildman–Crippen MR) is 150 cm³/mol. The van der Waals surface area contributed by atoms with Crippen LogP contribution in [0.1, 0.15) is 46.8 Å². The molecule has 2 aliphatic rings. The first kappa shape index (κ1) is 25.8. The molecular weight excluding hydrogens is 501 g/mol. The third-order valence-corrected chi connectivity index (χ3v) is 7.83. The van der Waals surface area contributed by atoms with Gasteiger partial charge in [0.05, 0.1) is 21.3 Å². The van der Waals surface area contributed by atoms with E-state index in [1.54, 1.807) is 6.07 Å². The number of benzene rings is 3. The monoisotopic (exact) mass is 529 g/mol. The molecule has 0 atom stereocenters. The molecule has 1 fully saturated rings. The SMILES string of the molecule is CCCCc1c(C(N)=O)c(N2CCNCC2)c2c(c1-c1cccc(Cl)c1Cl)-c1ccccc1C2.Cl. The number of hydrogen-bond donors (Lipinski definition) is 2. The van der Waals surface area contributed by atoms with Crippen LogP contribution in [0.3, 0.4) is 0 Å². The van der Waals surface area contributed by atoms with E-state index in [0.29, 0.717) is 15.6 Å². The lowest BCUT2D eigenvalue weighted by Crippen LogP contribution is -2.45. The molecule has 1 amide bonds. The summed E-state index contributed by atoms with van der Waals surface area (Å²) in [4.78, 5) is 15.5. The number of nitrogens with one attached hydrogen (secondary N) is 1. The quantitative estimate of drug-likeness (QED) is 0.299. The standard InChI is InChI=1S/C28H29Cl2N3O.ClH/c1-2-3-8-19-24(20-10-6-11-22(29)26(20)30)23-18-9-5-4-7-17(18)16-21(23)27(25(19)28(31)34)33-14-12-32-13-15-33;/h4-7,9-11,32H,2-3,8,12-16H2,1H3,(H2,31,34);1H. The molecular formula is C28H30Cl3N3O. The van der Waals surface area contributed by atoms with Crippen molar-refractivity contribution in [1.29, 1.82) is 0 Å². The van der Waals surface area contributed by atoms with E-state index in [9.17, 15) is 4.79 Å². The van der Waals surface area contributed by atoms with Crippen molar-refractivity contribution in [2.24, 2.45) is 5.73 Å². The Bertz CT molecular complexity index is 1270. The highest BCUT2D eigenvalue weighted by atomic mass is 35.5. The van der Waals surface area contributed by atoms with Gasteiger partial charge in [-0.3, -0.25) is 4.79 Å². The Hall–Kier alpha value is -2.24. The number of fused-ring (bicyclic) bond motifs is 3. The number of nitrogens with two attached hydrogens (primary N) is 1. The van der Waals surface area contributed by atoms with Crippen LogP contribution in [0, 0.1) is 0 Å². The summed E-state index contributed by atoms with van der Waals surface area (Å²) < 4.78 is 0. The van der Waals surface area contributed by atoms with Gasteiger partial charge in [-0.25, -0.2) is 0 Å². The van der Waals surface area contributed by atoms with Gasteiger partial charge in [-0.1, -0.05) is 72.9 Å². The van der Waals surface area contributed by atoms with Gasteiger partial charge in [0.1, 0.15) is 0 Å². The van der Waals surface area contributed by atoms with Crippen molar-refractivity contribution in [3.63, 3.8) is 0 Å². The molecule has 1 saturated heterocycles. The molecule has 0 aromatic heterocycles. The first-order valence-corrected chi connectivity index (χ1v) is 12.8. The van der Waals surface area contributed by atoms with Gasteiger partial charge in [-0.05, 0) is 52.3 Å². The Labute approximate surface area is 223 Å². The molecule has 1 aliphatic heterocycles. The zero-order valence-corrected chi connectivity index (χ0v) is 22.1. The van der Waals surface area contributed by atoms with Crippen molar-refractivity contribution in [3.8, 4) is 22.3 Å². The summed E-state index contributed by atoms with van der Waals surface area (Å²) in [7, 11) is 0. The fraction of sp³-hybridized carbons (Fsp3) is 0.321. The highest BCUT2D eigenvalue weighted by Gasteiger charge is 2.34. The van der Waals surface area contributed by atoms with Gasteiger partial charge in [-0.15, -0.1) is 12.4 Å². The first-order valence-electron chi connectivity index (χ1n) is 12.0. The van der Waals surface area contributed by atoms with E-state index in [0.717, 1.165) is 74.2 Å². The van der Waals surface area contributed by atoms with Crippen LogP contribution >= 0.6 is 35.6 Å². The van der Waals surface area contributed by atoms with Gasteiger partial charge in [0.25, 0.3) is 5.91 Å². The minimum atomic E-state index is -0.377. The van der Waals surface area contributed by atoms with Crippen LogP contribution in [0.5, 0.6) is 0 Å². The number of carbonyl (C=O) groups is 1. The number of carbonyl (C=O) groups excluding carboxylic acids is 1. The number of amides is 1. The third kappa shape index (κ3) is 4.53. The molecule has 0 radical (unpaired) electrons. The van der Waals surface area contributed by atoms with Crippen LogP contribution in [-0.2, 0) is 12.8 Å². The van der Waals surface area contributed by atoms with E-state index in [2.05, 4.69) is 41.4 Å². The van der Waals surface area contributed by atoms with Crippen LogP contribution in [0.15, 0.2) is 42.5 Å². The summed E-state index contributed by atoms with van der Waals surface area (Å²) in [6.07, 6.45) is 3.48. The Morgan fingerprint density at radius 3 is 2.46 bits per heavy atom. The molecule has 35 heavy (non-hydrogen) atoms. The van der Waals surface area contributed by atoms with Crippen LogP contribution in [-0.4, -0.2) is 32.1 Å². The molecule has 0 spiro atoms. The Balaban J connectivity index is 0.00000289. The van der Waals surface area contributed by atoms with Gasteiger partial charge in [0.15, 0.2) is 0 Å². The second kappa shape index (κ2) is 10.8. The maximum Gasteiger partial charge on any atom is 0.251 e. The van der Waals surface area contributed by atoms with E-state index in [-0.39, 0.29) is 18.3 Å². The second-order valence-corrected chi connectivity index (χ2v) is 9.86. The van der Waals surface area contributed by atoms with Gasteiger partial charge >= 0.3 is 0 Å². The summed E-state index contributed by atoms with van der Waals surface area (Å²) in [5.74, 6) is -0.377. The number of halogens is 3. The molecule has 0 saturated carbocycles. The van der Waals surface area contributed by atoms with Gasteiger partial charge in [0.2, 0.25) is 0 Å². The van der Waals surface area contributed by atoms with Crippen LogP contribution < -0.4 is 16.0 Å². The largest absolute Gasteiger partial charge is 0.368 e. The summed E-state index contributed by atoms with van der Waals surface area (Å²) >= 11 is 13.3. The second-order valence-electron chi connectivity index (χ2n) is 9.07. The maximum atomic E-state index is 13.2. The number of hydrogen-bond acceptors (Lipinski definition) is 3. The van der Waals surface area contributed by atoms with E-state index in [4.69, 9.17) is 28.9 Å². The van der Waals surface area contributed by atoms with Gasteiger partial charge in [-0.2, -0.15) is 0 Å². The van der Waals surface area contributed by atoms with E-state index >= 15 is 0 Å². The zero-order valence-electron chi connectivity index (χ0n) is 19.8. The fourth-order valence-corrected chi connectivity index (χ4v) is 5.91. The molecule has 4 nitrogen and oxygen atoms in total. The first-order chi connectivity index (χ1) is 16.5. The lowest BCUT2D eigenvalue weighted by molar-refractivity contribution is 0.0999. The third-order valence-electron chi connectivity index (χ3n) is 7.01. The number of rotatable bonds is 6. The highest BCUT2D eigenvalue weighted by Crippen LogP contribution is 2.52. The van der Waals surface area contributed by atoms with Crippen molar-refractivity contribution in [2.75, 3.05) is 31.1 Å². The van der Waals surface area contributed by atoms with Crippen molar-refractivity contribution < 1.29 is 4.79 Å². The molecule has 1 aliphatic carbocycles. The molecule has 1 heterocycles. The average molecular weight is 531 g/mol. The highest BCUT2D eigenvalue weighted by molar-refractivity contribution is 6.44. The molecule has 0 bridgehead atoms. The van der Waals surface area contributed by atoms with Crippen molar-refractivity contribution in [1.82, 2.24) is 5.32 Å². The lowest BCUT2D eigenvalue weighted by atomic mass is 9.83. The zero-order chi connectivity index (χ0) is 23.8. The topological polar surface area (TPSA) is 58.4 Å². The van der Waals surface area contributed by atoms with Crippen molar-refractivity contribution in [3.05, 3.63) is 74.8 Å². The molecule has 3 aromatic carbocycles. The minimum Gasteiger partial charge on any atom is -0.368 e. The minimum absolute atomic E-state index is 0. The summed E-state index contributed by atoms with van der Waals surface area (Å²) in [6.45, 7) is 5.61. The number of anilines is 1. The molecule has 3 aromatic rings. The summed E-state index contributed by atoms with van der Waals surface area (Å²) in [5, 5.41) is 4.45. The van der Waals surface area contributed by atoms with E-state index < -0.39 is 0 Å². The summed E-state index contributed by atoms with van der Waals surface area (Å²) in [5.41, 5.74) is 15.5. The molecule has 0 unspecified atom stereocenters. The molecule has 5 rings (SSSR count). The predicted octanol–water partition coefficient (Wildman–Crippen LogP) is 6.50. The Morgan fingerprint density at radius 1 is 1.03 bits per heavy atom. The number of piperazine rings is 1. The van der Waals surface area contributed by atoms with Crippen LogP contribution in [0.2, 0.25) is 10.0 Å². The molecule has 3 N–H and O–H groups in total. The number of nitrogens with zero attached hydrogens (tertiary/aromatic N) is 1. The normalized spacial score (nSPS) is 14.3. The Kier molecular flexibility index (Phi) is 7.97. The molecule has 184 valence electrons. The van der Waals surface area contributed by atoms with Crippen molar-refractivity contribution in [2.45, 2.75) is 32.6 Å². The van der Waals surface area contributed by atoms with Gasteiger partial charge in [0, 0.05) is 38.2 Å². The number of unbranched alkanes of at least 4 members (excludes halogenated alkanes) is 1. The smallest absolute Gasteiger partial charge is 0.251 e. The fourth-order valence-electron chi connectivity index (χ4n) is 5.52. The average Bonchev–Trinajstić information content (AvgIpc) is 3.23. The number of primary amides is 1. The van der Waals surface area contributed by atoms with E-state index in [1.807, 2.05) is 12.1 Å². The van der Waals surface area contributed by atoms with E-state index in [1.165, 1.54) is 22.3 Å². The van der Waals surface area contributed by atoms with Gasteiger partial charge < -0.3 is 16.0 Å². The Morgan fingerprint density at radius 2 is 1.74 bits per heavy atom. The van der Waals surface area contributed by atoms with Crippen LogP contribution in [0.4, 0.5) is 5.69 Å². The van der Waals surface area contributed by atoms with Crippen LogP contribution in [0.25, 0.3) is 22.3 Å². The maximum absolute atomic E-state index is 13.2. The lowest BCUT2D eigenvalue weighted by Gasteiger charge is -2.34. The summed E-state index contributed by atoms with van der Waals surface area (Å²) in [6, 6.07) is 14.2. The van der Waals surface area contributed by atoms with Crippen molar-refractivity contribution >= 4 is 47.2 Å².